The predicted octanol–water partition coefficient (Wildman–Crippen LogP) is 5.52. The van der Waals surface area contributed by atoms with E-state index in [9.17, 15) is 4.79 Å². The van der Waals surface area contributed by atoms with E-state index < -0.39 is 0 Å². The summed E-state index contributed by atoms with van der Waals surface area (Å²) in [5, 5.41) is 11.4. The van der Waals surface area contributed by atoms with Gasteiger partial charge in [-0.05, 0) is 125 Å². The molecule has 0 bridgehead atoms. The van der Waals surface area contributed by atoms with Gasteiger partial charge < -0.3 is 25.6 Å². The van der Waals surface area contributed by atoms with Crippen molar-refractivity contribution in [1.82, 2.24) is 24.8 Å². The summed E-state index contributed by atoms with van der Waals surface area (Å²) in [5.74, 6) is 1.38. The van der Waals surface area contributed by atoms with Gasteiger partial charge in [-0.15, -0.1) is 0 Å². The number of rotatable bonds is 8. The fourth-order valence-electron chi connectivity index (χ4n) is 7.12. The van der Waals surface area contributed by atoms with Crippen LogP contribution in [0.3, 0.4) is 0 Å². The van der Waals surface area contributed by atoms with E-state index >= 15 is 0 Å². The Morgan fingerprint density at radius 1 is 0.956 bits per heavy atom. The van der Waals surface area contributed by atoms with E-state index in [1.54, 1.807) is 0 Å². The van der Waals surface area contributed by atoms with Crippen molar-refractivity contribution in [2.75, 3.05) is 57.1 Å². The molecule has 9 nitrogen and oxygen atoms in total. The van der Waals surface area contributed by atoms with E-state index in [1.807, 2.05) is 16.8 Å². The first-order valence-electron chi connectivity index (χ1n) is 16.6. The largest absolute Gasteiger partial charge is 0.382 e. The fraction of sp³-hybridized carbons (Fsp3) is 0.472. The maximum atomic E-state index is 14.3. The van der Waals surface area contributed by atoms with Crippen LogP contribution in [0, 0.1) is 12.8 Å². The van der Waals surface area contributed by atoms with E-state index in [1.165, 1.54) is 5.56 Å². The van der Waals surface area contributed by atoms with Crippen molar-refractivity contribution >= 4 is 28.4 Å². The van der Waals surface area contributed by atoms with E-state index in [0.717, 1.165) is 99.4 Å². The first kappa shape index (κ1) is 29.9. The molecule has 2 aromatic carbocycles. The second-order valence-corrected chi connectivity index (χ2v) is 13.2. The number of anilines is 3. The van der Waals surface area contributed by atoms with Gasteiger partial charge >= 0.3 is 0 Å². The number of pyridine rings is 1. The highest BCUT2D eigenvalue weighted by Crippen LogP contribution is 2.30. The first-order valence-corrected chi connectivity index (χ1v) is 16.6. The molecule has 0 radical (unpaired) electrons. The molecular formula is C36H45N7O2. The number of piperidine rings is 1. The third kappa shape index (κ3) is 6.76. The molecule has 3 fully saturated rings. The standard InChI is InChI=1S/C36H45N7O2/c1-24-19-26(27-9-14-37-21-27)3-8-32(24)33-20-28-22-38-36(41-34(28)43(35(33)44)23-25-12-17-45-18-13-25)40-30-6-4-29(5-7-30)39-31-10-15-42(2)16-11-31/h3-8,19-20,22,25,27,31,37,39H,9-18,21,23H2,1-2H3,(H,38,40,41). The van der Waals surface area contributed by atoms with E-state index in [4.69, 9.17) is 9.72 Å². The molecule has 0 saturated carbocycles. The Hall–Kier alpha value is -3.79. The summed E-state index contributed by atoms with van der Waals surface area (Å²) in [5.41, 5.74) is 6.85. The molecule has 236 valence electrons. The molecular weight excluding hydrogens is 562 g/mol. The number of likely N-dealkylation sites (tertiary alicyclic amines) is 1. The van der Waals surface area contributed by atoms with Crippen LogP contribution in [0.2, 0.25) is 0 Å². The minimum atomic E-state index is 0.00126. The normalized spacial score (nSPS) is 20.1. The summed E-state index contributed by atoms with van der Waals surface area (Å²) in [6.07, 6.45) is 7.19. The average Bonchev–Trinajstić information content (AvgIpc) is 3.61. The molecule has 1 atom stereocenters. The highest BCUT2D eigenvalue weighted by molar-refractivity contribution is 5.82. The molecule has 3 saturated heterocycles. The molecule has 0 aliphatic carbocycles. The molecule has 2 aromatic heterocycles. The molecule has 3 aliphatic heterocycles. The van der Waals surface area contributed by atoms with Crippen LogP contribution in [0.25, 0.3) is 22.2 Å². The number of aromatic nitrogens is 3. The van der Waals surface area contributed by atoms with Crippen LogP contribution < -0.4 is 21.5 Å². The van der Waals surface area contributed by atoms with E-state index in [2.05, 4.69) is 82.3 Å². The Balaban J connectivity index is 1.18. The molecule has 3 N–H and O–H groups in total. The minimum absolute atomic E-state index is 0.00126. The molecule has 45 heavy (non-hydrogen) atoms. The first-order chi connectivity index (χ1) is 22.0. The van der Waals surface area contributed by atoms with E-state index in [0.29, 0.717) is 41.6 Å². The van der Waals surface area contributed by atoms with Gasteiger partial charge in [0.2, 0.25) is 5.95 Å². The average molecular weight is 608 g/mol. The SMILES string of the molecule is Cc1cc(C2CCNC2)ccc1-c1cc2cnc(Nc3ccc(NC4CCN(C)CC4)cc3)nc2n(CC2CCOCC2)c1=O. The number of nitrogens with zero attached hydrogens (tertiary/aromatic N) is 4. The minimum Gasteiger partial charge on any atom is -0.382 e. The van der Waals surface area contributed by atoms with Crippen molar-refractivity contribution in [3.8, 4) is 11.1 Å². The second kappa shape index (κ2) is 13.3. The van der Waals surface area contributed by atoms with Gasteiger partial charge in [0.05, 0.1) is 0 Å². The van der Waals surface area contributed by atoms with E-state index in [-0.39, 0.29) is 5.56 Å². The zero-order chi connectivity index (χ0) is 30.8. The van der Waals surface area contributed by atoms with Crippen LogP contribution in [-0.4, -0.2) is 71.9 Å². The van der Waals surface area contributed by atoms with Gasteiger partial charge in [0.1, 0.15) is 5.65 Å². The topological polar surface area (TPSA) is 96.3 Å². The number of benzene rings is 2. The van der Waals surface area contributed by atoms with Crippen LogP contribution >= 0.6 is 0 Å². The Morgan fingerprint density at radius 2 is 1.73 bits per heavy atom. The maximum Gasteiger partial charge on any atom is 0.260 e. The Labute approximate surface area is 265 Å². The molecule has 3 aliphatic rings. The fourth-order valence-corrected chi connectivity index (χ4v) is 7.12. The number of hydrogen-bond donors (Lipinski definition) is 3. The molecule has 7 rings (SSSR count). The number of nitrogens with one attached hydrogen (secondary N) is 3. The summed E-state index contributed by atoms with van der Waals surface area (Å²) < 4.78 is 7.51. The smallest absolute Gasteiger partial charge is 0.260 e. The Kier molecular flexibility index (Phi) is 8.83. The van der Waals surface area contributed by atoms with Crippen LogP contribution in [0.1, 0.15) is 49.1 Å². The summed E-state index contributed by atoms with van der Waals surface area (Å²) in [6, 6.07) is 17.4. The molecule has 0 spiro atoms. The quantitative estimate of drug-likeness (QED) is 0.241. The van der Waals surface area contributed by atoms with Gasteiger partial charge in [-0.25, -0.2) is 4.98 Å². The van der Waals surface area contributed by atoms with Gasteiger partial charge in [-0.1, -0.05) is 18.2 Å². The number of ether oxygens (including phenoxy) is 1. The van der Waals surface area contributed by atoms with Gasteiger partial charge in [0, 0.05) is 60.9 Å². The molecule has 5 heterocycles. The highest BCUT2D eigenvalue weighted by Gasteiger charge is 2.22. The lowest BCUT2D eigenvalue weighted by atomic mass is 9.92. The van der Waals surface area contributed by atoms with Crippen LogP contribution in [0.4, 0.5) is 17.3 Å². The monoisotopic (exact) mass is 607 g/mol. The van der Waals surface area contributed by atoms with Crippen LogP contribution in [0.15, 0.2) is 59.5 Å². The van der Waals surface area contributed by atoms with Crippen molar-refractivity contribution in [1.29, 1.82) is 0 Å². The number of fused-ring (bicyclic) bond motifs is 1. The zero-order valence-electron chi connectivity index (χ0n) is 26.5. The van der Waals surface area contributed by atoms with Crippen LogP contribution in [0.5, 0.6) is 0 Å². The van der Waals surface area contributed by atoms with Gasteiger partial charge in [0.15, 0.2) is 0 Å². The lowest BCUT2D eigenvalue weighted by molar-refractivity contribution is 0.0613. The molecule has 1 unspecified atom stereocenters. The lowest BCUT2D eigenvalue weighted by Crippen LogP contribution is -2.36. The Morgan fingerprint density at radius 3 is 2.47 bits per heavy atom. The third-order valence-corrected chi connectivity index (χ3v) is 9.91. The molecule has 9 heteroatoms. The number of aryl methyl sites for hydroxylation is 1. The van der Waals surface area contributed by atoms with Crippen molar-refractivity contribution in [3.05, 3.63) is 76.2 Å². The third-order valence-electron chi connectivity index (χ3n) is 9.91. The lowest BCUT2D eigenvalue weighted by Gasteiger charge is -2.30. The van der Waals surface area contributed by atoms with Gasteiger partial charge in [0.25, 0.3) is 5.56 Å². The van der Waals surface area contributed by atoms with Crippen molar-refractivity contribution in [2.45, 2.75) is 57.5 Å². The van der Waals surface area contributed by atoms with Gasteiger partial charge in [-0.2, -0.15) is 4.98 Å². The number of hydrogen-bond acceptors (Lipinski definition) is 8. The summed E-state index contributed by atoms with van der Waals surface area (Å²) in [6.45, 7) is 8.53. The van der Waals surface area contributed by atoms with Crippen molar-refractivity contribution < 1.29 is 4.74 Å². The summed E-state index contributed by atoms with van der Waals surface area (Å²) in [7, 11) is 2.18. The summed E-state index contributed by atoms with van der Waals surface area (Å²) in [4.78, 5) is 26.3. The Bertz CT molecular complexity index is 1680. The van der Waals surface area contributed by atoms with Crippen LogP contribution in [-0.2, 0) is 11.3 Å². The predicted molar refractivity (Wildman–Crippen MR) is 182 cm³/mol. The zero-order valence-corrected chi connectivity index (χ0v) is 26.5. The summed E-state index contributed by atoms with van der Waals surface area (Å²) >= 11 is 0. The molecule has 4 aromatic rings. The van der Waals surface area contributed by atoms with Gasteiger partial charge in [-0.3, -0.25) is 9.36 Å². The van der Waals surface area contributed by atoms with Crippen molar-refractivity contribution in [2.24, 2.45) is 5.92 Å². The van der Waals surface area contributed by atoms with Crippen molar-refractivity contribution in [3.63, 3.8) is 0 Å². The second-order valence-electron chi connectivity index (χ2n) is 13.2. The molecule has 0 amide bonds. The highest BCUT2D eigenvalue weighted by atomic mass is 16.5. The maximum absolute atomic E-state index is 14.3.